The van der Waals surface area contributed by atoms with Crippen molar-refractivity contribution in [2.75, 3.05) is 13.6 Å². The van der Waals surface area contributed by atoms with Gasteiger partial charge >= 0.3 is 0 Å². The summed E-state index contributed by atoms with van der Waals surface area (Å²) in [4.78, 5) is 6.63. The van der Waals surface area contributed by atoms with Gasteiger partial charge in [-0.2, -0.15) is 0 Å². The average Bonchev–Trinajstić information content (AvgIpc) is 2.87. The third-order valence-corrected chi connectivity index (χ3v) is 4.04. The van der Waals surface area contributed by atoms with Gasteiger partial charge in [-0.05, 0) is 24.7 Å². The van der Waals surface area contributed by atoms with Gasteiger partial charge in [0.25, 0.3) is 0 Å². The number of nitrogens with zero attached hydrogens (tertiary/aromatic N) is 2. The van der Waals surface area contributed by atoms with Crippen molar-refractivity contribution in [2.45, 2.75) is 18.8 Å². The van der Waals surface area contributed by atoms with Crippen molar-refractivity contribution in [3.8, 4) is 0 Å². The minimum atomic E-state index is -0.192. The molecular weight excluding hydrogens is 283 g/mol. The smallest absolute Gasteiger partial charge is 0.123 e. The minimum absolute atomic E-state index is 0.192. The molecule has 0 saturated heterocycles. The fourth-order valence-electron chi connectivity index (χ4n) is 1.79. The SMILES string of the molecule is CN(CCc1nc(CCl)cs1)Cc1ccc(F)cc1. The van der Waals surface area contributed by atoms with Gasteiger partial charge in [-0.1, -0.05) is 12.1 Å². The van der Waals surface area contributed by atoms with E-state index in [1.54, 1.807) is 11.3 Å². The standard InChI is InChI=1S/C14H16ClFN2S/c1-18(9-11-2-4-12(16)5-3-11)7-6-14-17-13(8-15)10-19-14/h2-5,10H,6-9H2,1H3. The summed E-state index contributed by atoms with van der Waals surface area (Å²) >= 11 is 7.38. The van der Waals surface area contributed by atoms with Gasteiger partial charge in [-0.15, -0.1) is 22.9 Å². The van der Waals surface area contributed by atoms with Crippen LogP contribution in [0.3, 0.4) is 0 Å². The summed E-state index contributed by atoms with van der Waals surface area (Å²) in [6.45, 7) is 1.74. The lowest BCUT2D eigenvalue weighted by molar-refractivity contribution is 0.331. The topological polar surface area (TPSA) is 16.1 Å². The fourth-order valence-corrected chi connectivity index (χ4v) is 2.81. The van der Waals surface area contributed by atoms with Crippen LogP contribution < -0.4 is 0 Å². The van der Waals surface area contributed by atoms with Crippen LogP contribution >= 0.6 is 22.9 Å². The first kappa shape index (κ1) is 14.4. The number of benzene rings is 1. The second kappa shape index (κ2) is 6.98. The van der Waals surface area contributed by atoms with Gasteiger partial charge in [0.05, 0.1) is 16.6 Å². The number of rotatable bonds is 6. The number of hydrogen-bond acceptors (Lipinski definition) is 3. The molecule has 2 rings (SSSR count). The summed E-state index contributed by atoms with van der Waals surface area (Å²) < 4.78 is 12.8. The van der Waals surface area contributed by atoms with Gasteiger partial charge in [0, 0.05) is 24.9 Å². The van der Waals surface area contributed by atoms with E-state index in [1.807, 2.05) is 17.5 Å². The quantitative estimate of drug-likeness (QED) is 0.756. The van der Waals surface area contributed by atoms with Gasteiger partial charge in [-0.3, -0.25) is 0 Å². The number of halogens is 2. The maximum Gasteiger partial charge on any atom is 0.123 e. The minimum Gasteiger partial charge on any atom is -0.302 e. The molecule has 0 saturated carbocycles. The largest absolute Gasteiger partial charge is 0.302 e. The maximum absolute atomic E-state index is 12.8. The van der Waals surface area contributed by atoms with Crippen molar-refractivity contribution in [3.05, 3.63) is 51.7 Å². The van der Waals surface area contributed by atoms with E-state index in [9.17, 15) is 4.39 Å². The van der Waals surface area contributed by atoms with Crippen LogP contribution in [0.4, 0.5) is 4.39 Å². The number of likely N-dealkylation sites (N-methyl/N-ethyl adjacent to an activating group) is 1. The molecule has 0 aliphatic rings. The fraction of sp³-hybridized carbons (Fsp3) is 0.357. The highest BCUT2D eigenvalue weighted by atomic mass is 35.5. The van der Waals surface area contributed by atoms with Crippen molar-refractivity contribution < 1.29 is 4.39 Å². The van der Waals surface area contributed by atoms with E-state index in [-0.39, 0.29) is 5.82 Å². The lowest BCUT2D eigenvalue weighted by atomic mass is 10.2. The first-order chi connectivity index (χ1) is 9.17. The molecule has 1 aromatic carbocycles. The third kappa shape index (κ3) is 4.56. The molecule has 0 amide bonds. The summed E-state index contributed by atoms with van der Waals surface area (Å²) in [6.07, 6.45) is 0.916. The molecule has 19 heavy (non-hydrogen) atoms. The molecule has 2 aromatic rings. The molecule has 0 aliphatic heterocycles. The normalized spacial score (nSPS) is 11.2. The molecule has 1 heterocycles. The van der Waals surface area contributed by atoms with Crippen LogP contribution in [0.1, 0.15) is 16.3 Å². The van der Waals surface area contributed by atoms with Crippen LogP contribution in [0.5, 0.6) is 0 Å². The molecule has 0 N–H and O–H groups in total. The summed E-state index contributed by atoms with van der Waals surface area (Å²) in [6, 6.07) is 6.63. The maximum atomic E-state index is 12.8. The Labute approximate surface area is 121 Å². The molecule has 0 radical (unpaired) electrons. The molecule has 5 heteroatoms. The molecule has 0 unspecified atom stereocenters. The van der Waals surface area contributed by atoms with Gasteiger partial charge in [0.1, 0.15) is 5.82 Å². The summed E-state index contributed by atoms with van der Waals surface area (Å²) in [5.41, 5.74) is 2.06. The van der Waals surface area contributed by atoms with E-state index >= 15 is 0 Å². The Morgan fingerprint density at radius 1 is 1.32 bits per heavy atom. The van der Waals surface area contributed by atoms with E-state index in [2.05, 4.69) is 16.9 Å². The first-order valence-corrected chi connectivity index (χ1v) is 7.51. The molecule has 102 valence electrons. The number of alkyl halides is 1. The van der Waals surface area contributed by atoms with Crippen LogP contribution in [0.2, 0.25) is 0 Å². The zero-order chi connectivity index (χ0) is 13.7. The number of hydrogen-bond donors (Lipinski definition) is 0. The third-order valence-electron chi connectivity index (χ3n) is 2.81. The van der Waals surface area contributed by atoms with Gasteiger partial charge in [-0.25, -0.2) is 9.37 Å². The molecule has 1 aromatic heterocycles. The molecule has 0 spiro atoms. The van der Waals surface area contributed by atoms with Gasteiger partial charge in [0.2, 0.25) is 0 Å². The summed E-state index contributed by atoms with van der Waals surface area (Å²) in [7, 11) is 2.05. The monoisotopic (exact) mass is 298 g/mol. The van der Waals surface area contributed by atoms with Crippen LogP contribution in [0, 0.1) is 5.82 Å². The highest BCUT2D eigenvalue weighted by Gasteiger charge is 2.04. The van der Waals surface area contributed by atoms with E-state index in [0.717, 1.165) is 35.8 Å². The lowest BCUT2D eigenvalue weighted by Crippen LogP contribution is -2.20. The van der Waals surface area contributed by atoms with Crippen molar-refractivity contribution in [2.24, 2.45) is 0 Å². The number of thiazole rings is 1. The van der Waals surface area contributed by atoms with Gasteiger partial charge in [0.15, 0.2) is 0 Å². The van der Waals surface area contributed by atoms with Gasteiger partial charge < -0.3 is 4.90 Å². The molecule has 0 fully saturated rings. The number of aromatic nitrogens is 1. The Hall–Kier alpha value is -0.970. The Kier molecular flexibility index (Phi) is 5.31. The zero-order valence-corrected chi connectivity index (χ0v) is 12.3. The molecule has 0 atom stereocenters. The van der Waals surface area contributed by atoms with Crippen molar-refractivity contribution in [1.29, 1.82) is 0 Å². The molecule has 2 nitrogen and oxygen atoms in total. The Morgan fingerprint density at radius 2 is 2.05 bits per heavy atom. The van der Waals surface area contributed by atoms with Crippen LogP contribution in [0.15, 0.2) is 29.6 Å². The van der Waals surface area contributed by atoms with Crippen LogP contribution in [-0.4, -0.2) is 23.5 Å². The predicted molar refractivity (Wildman–Crippen MR) is 78.1 cm³/mol. The Balaban J connectivity index is 1.81. The molecule has 0 aliphatic carbocycles. The van der Waals surface area contributed by atoms with Crippen LogP contribution in [-0.2, 0) is 18.8 Å². The highest BCUT2D eigenvalue weighted by molar-refractivity contribution is 7.09. The second-order valence-electron chi connectivity index (χ2n) is 4.48. The predicted octanol–water partition coefficient (Wildman–Crippen LogP) is 3.70. The highest BCUT2D eigenvalue weighted by Crippen LogP contribution is 2.13. The Morgan fingerprint density at radius 3 is 2.68 bits per heavy atom. The van der Waals surface area contributed by atoms with E-state index in [1.165, 1.54) is 12.1 Å². The van der Waals surface area contributed by atoms with E-state index in [4.69, 9.17) is 11.6 Å². The van der Waals surface area contributed by atoms with E-state index in [0.29, 0.717) is 5.88 Å². The lowest BCUT2D eigenvalue weighted by Gasteiger charge is -2.15. The average molecular weight is 299 g/mol. The summed E-state index contributed by atoms with van der Waals surface area (Å²) in [5.74, 6) is 0.282. The second-order valence-corrected chi connectivity index (χ2v) is 5.69. The zero-order valence-electron chi connectivity index (χ0n) is 10.8. The first-order valence-electron chi connectivity index (χ1n) is 6.09. The Bertz CT molecular complexity index is 512. The van der Waals surface area contributed by atoms with Crippen LogP contribution in [0.25, 0.3) is 0 Å². The molecule has 0 bridgehead atoms. The summed E-state index contributed by atoms with van der Waals surface area (Å²) in [5, 5.41) is 3.11. The van der Waals surface area contributed by atoms with Crippen molar-refractivity contribution in [3.63, 3.8) is 0 Å². The van der Waals surface area contributed by atoms with E-state index < -0.39 is 0 Å². The molecular formula is C14H16ClFN2S. The van der Waals surface area contributed by atoms with Crippen molar-refractivity contribution in [1.82, 2.24) is 9.88 Å². The van der Waals surface area contributed by atoms with Crippen molar-refractivity contribution >= 4 is 22.9 Å².